The molecule has 0 amide bonds. The second-order valence-electron chi connectivity index (χ2n) is 5.49. The van der Waals surface area contributed by atoms with Crippen LogP contribution in [0.15, 0.2) is 24.3 Å². The van der Waals surface area contributed by atoms with E-state index >= 15 is 0 Å². The second kappa shape index (κ2) is 4.72. The highest BCUT2D eigenvalue weighted by Crippen LogP contribution is 2.35. The van der Waals surface area contributed by atoms with Gasteiger partial charge in [0.05, 0.1) is 22.9 Å². The zero-order valence-electron chi connectivity index (χ0n) is 10.4. The molecule has 0 radical (unpaired) electrons. The Hall–Kier alpha value is -0.770. The predicted octanol–water partition coefficient (Wildman–Crippen LogP) is 2.35. The first-order valence-electron chi connectivity index (χ1n) is 6.60. The summed E-state index contributed by atoms with van der Waals surface area (Å²) in [5.74, 6) is 0. The SMILES string of the molecule is OCC1(Nc2ccccc2Cl)CCN(C2CC2)C1. The number of hydrogen-bond acceptors (Lipinski definition) is 3. The van der Waals surface area contributed by atoms with Crippen molar-refractivity contribution in [2.75, 3.05) is 25.0 Å². The molecule has 1 saturated heterocycles. The minimum atomic E-state index is -0.229. The number of likely N-dealkylation sites (tertiary alicyclic amines) is 1. The quantitative estimate of drug-likeness (QED) is 0.878. The van der Waals surface area contributed by atoms with Gasteiger partial charge >= 0.3 is 0 Å². The molecule has 1 unspecified atom stereocenters. The van der Waals surface area contributed by atoms with Crippen LogP contribution in [0.5, 0.6) is 0 Å². The van der Waals surface area contributed by atoms with E-state index in [1.165, 1.54) is 12.8 Å². The van der Waals surface area contributed by atoms with Crippen molar-refractivity contribution >= 4 is 17.3 Å². The minimum absolute atomic E-state index is 0.154. The van der Waals surface area contributed by atoms with Gasteiger partial charge in [0.25, 0.3) is 0 Å². The summed E-state index contributed by atoms with van der Waals surface area (Å²) in [7, 11) is 0. The number of para-hydroxylation sites is 1. The Morgan fingerprint density at radius 1 is 1.39 bits per heavy atom. The number of benzene rings is 1. The van der Waals surface area contributed by atoms with Gasteiger partial charge in [-0.05, 0) is 31.4 Å². The summed E-state index contributed by atoms with van der Waals surface area (Å²) in [6, 6.07) is 8.49. The third-order valence-electron chi connectivity index (χ3n) is 4.02. The zero-order chi connectivity index (χ0) is 12.6. The fourth-order valence-electron chi connectivity index (χ4n) is 2.77. The van der Waals surface area contributed by atoms with E-state index < -0.39 is 0 Å². The number of nitrogens with zero attached hydrogens (tertiary/aromatic N) is 1. The van der Waals surface area contributed by atoms with Crippen molar-refractivity contribution in [2.24, 2.45) is 0 Å². The molecule has 18 heavy (non-hydrogen) atoms. The number of anilines is 1. The Kier molecular flexibility index (Phi) is 3.22. The Labute approximate surface area is 113 Å². The van der Waals surface area contributed by atoms with Crippen molar-refractivity contribution in [3.63, 3.8) is 0 Å². The van der Waals surface area contributed by atoms with E-state index in [-0.39, 0.29) is 12.1 Å². The van der Waals surface area contributed by atoms with Crippen molar-refractivity contribution in [1.82, 2.24) is 4.90 Å². The fraction of sp³-hybridized carbons (Fsp3) is 0.571. The molecule has 1 atom stereocenters. The van der Waals surface area contributed by atoms with Crippen LogP contribution in [-0.4, -0.2) is 41.3 Å². The number of halogens is 1. The van der Waals surface area contributed by atoms with Crippen LogP contribution < -0.4 is 5.32 Å². The van der Waals surface area contributed by atoms with Gasteiger partial charge in [-0.3, -0.25) is 4.90 Å². The van der Waals surface area contributed by atoms with Crippen LogP contribution >= 0.6 is 11.6 Å². The molecule has 1 aliphatic carbocycles. The summed E-state index contributed by atoms with van der Waals surface area (Å²) < 4.78 is 0. The highest BCUT2D eigenvalue weighted by molar-refractivity contribution is 6.33. The first-order valence-corrected chi connectivity index (χ1v) is 6.98. The predicted molar refractivity (Wildman–Crippen MR) is 74.1 cm³/mol. The molecule has 0 bridgehead atoms. The van der Waals surface area contributed by atoms with Gasteiger partial charge in [-0.15, -0.1) is 0 Å². The molecular formula is C14H19ClN2O. The van der Waals surface area contributed by atoms with E-state index in [2.05, 4.69) is 10.2 Å². The Balaban J connectivity index is 1.74. The standard InChI is InChI=1S/C14H19ClN2O/c15-12-3-1-2-4-13(12)16-14(10-18)7-8-17(9-14)11-5-6-11/h1-4,11,16,18H,5-10H2. The van der Waals surface area contributed by atoms with Crippen LogP contribution in [0.25, 0.3) is 0 Å². The molecule has 2 aliphatic rings. The van der Waals surface area contributed by atoms with Gasteiger partial charge in [-0.25, -0.2) is 0 Å². The topological polar surface area (TPSA) is 35.5 Å². The van der Waals surface area contributed by atoms with Crippen molar-refractivity contribution in [3.8, 4) is 0 Å². The van der Waals surface area contributed by atoms with Crippen LogP contribution in [0.2, 0.25) is 5.02 Å². The number of rotatable bonds is 4. The summed E-state index contributed by atoms with van der Waals surface area (Å²) in [5.41, 5.74) is 0.694. The van der Waals surface area contributed by atoms with E-state index in [0.717, 1.165) is 36.3 Å². The van der Waals surface area contributed by atoms with Crippen molar-refractivity contribution < 1.29 is 5.11 Å². The van der Waals surface area contributed by atoms with Gasteiger partial charge in [0.2, 0.25) is 0 Å². The molecule has 0 spiro atoms. The van der Waals surface area contributed by atoms with Crippen LogP contribution in [-0.2, 0) is 0 Å². The molecule has 0 aromatic heterocycles. The maximum atomic E-state index is 9.76. The number of hydrogen-bond donors (Lipinski definition) is 2. The summed E-state index contributed by atoms with van der Waals surface area (Å²) in [6.07, 6.45) is 3.60. The second-order valence-corrected chi connectivity index (χ2v) is 5.90. The highest BCUT2D eigenvalue weighted by atomic mass is 35.5. The molecule has 1 saturated carbocycles. The normalized spacial score (nSPS) is 28.6. The molecule has 3 rings (SSSR count). The number of nitrogens with one attached hydrogen (secondary N) is 1. The first-order chi connectivity index (χ1) is 8.72. The van der Waals surface area contributed by atoms with Gasteiger partial charge < -0.3 is 10.4 Å². The molecule has 1 aliphatic heterocycles. The molecule has 1 heterocycles. The number of aliphatic hydroxyl groups is 1. The molecule has 1 aromatic rings. The monoisotopic (exact) mass is 266 g/mol. The van der Waals surface area contributed by atoms with Gasteiger partial charge in [0.15, 0.2) is 0 Å². The van der Waals surface area contributed by atoms with Crippen LogP contribution in [0.4, 0.5) is 5.69 Å². The Morgan fingerprint density at radius 2 is 2.17 bits per heavy atom. The van der Waals surface area contributed by atoms with E-state index in [1.807, 2.05) is 24.3 Å². The summed E-state index contributed by atoms with van der Waals surface area (Å²) in [6.45, 7) is 2.14. The van der Waals surface area contributed by atoms with E-state index in [4.69, 9.17) is 11.6 Å². The van der Waals surface area contributed by atoms with E-state index in [9.17, 15) is 5.11 Å². The zero-order valence-corrected chi connectivity index (χ0v) is 11.2. The Bertz CT molecular complexity index is 436. The first kappa shape index (κ1) is 12.3. The Morgan fingerprint density at radius 3 is 2.83 bits per heavy atom. The van der Waals surface area contributed by atoms with Gasteiger partial charge in [0.1, 0.15) is 0 Å². The summed E-state index contributed by atoms with van der Waals surface area (Å²) >= 11 is 6.18. The van der Waals surface area contributed by atoms with Crippen LogP contribution in [0.1, 0.15) is 19.3 Å². The lowest BCUT2D eigenvalue weighted by atomic mass is 9.99. The fourth-order valence-corrected chi connectivity index (χ4v) is 2.96. The van der Waals surface area contributed by atoms with Crippen molar-refractivity contribution in [3.05, 3.63) is 29.3 Å². The maximum Gasteiger partial charge on any atom is 0.0743 e. The molecule has 2 N–H and O–H groups in total. The third kappa shape index (κ3) is 2.35. The van der Waals surface area contributed by atoms with Gasteiger partial charge in [-0.2, -0.15) is 0 Å². The van der Waals surface area contributed by atoms with Crippen LogP contribution in [0.3, 0.4) is 0 Å². The summed E-state index contributed by atoms with van der Waals surface area (Å²) in [5, 5.41) is 13.9. The average molecular weight is 267 g/mol. The molecule has 2 fully saturated rings. The summed E-state index contributed by atoms with van der Waals surface area (Å²) in [4.78, 5) is 2.49. The van der Waals surface area contributed by atoms with Crippen molar-refractivity contribution in [2.45, 2.75) is 30.8 Å². The number of aliphatic hydroxyl groups excluding tert-OH is 1. The molecule has 1 aromatic carbocycles. The van der Waals surface area contributed by atoms with E-state index in [0.29, 0.717) is 0 Å². The molecule has 3 nitrogen and oxygen atoms in total. The van der Waals surface area contributed by atoms with Crippen LogP contribution in [0, 0.1) is 0 Å². The highest BCUT2D eigenvalue weighted by Gasteiger charge is 2.43. The van der Waals surface area contributed by atoms with E-state index in [1.54, 1.807) is 0 Å². The molecular weight excluding hydrogens is 248 g/mol. The lowest BCUT2D eigenvalue weighted by molar-refractivity contribution is 0.205. The molecule has 4 heteroatoms. The van der Waals surface area contributed by atoms with Crippen molar-refractivity contribution in [1.29, 1.82) is 0 Å². The lowest BCUT2D eigenvalue weighted by Gasteiger charge is -2.30. The lowest BCUT2D eigenvalue weighted by Crippen LogP contribution is -2.45. The maximum absolute atomic E-state index is 9.76. The smallest absolute Gasteiger partial charge is 0.0743 e. The largest absolute Gasteiger partial charge is 0.394 e. The third-order valence-corrected chi connectivity index (χ3v) is 4.35. The van der Waals surface area contributed by atoms with Gasteiger partial charge in [-0.1, -0.05) is 23.7 Å². The van der Waals surface area contributed by atoms with Gasteiger partial charge in [0, 0.05) is 19.1 Å². The average Bonchev–Trinajstić information content (AvgIpc) is 3.15. The minimum Gasteiger partial charge on any atom is -0.394 e. The molecule has 98 valence electrons.